The van der Waals surface area contributed by atoms with E-state index in [1.165, 1.54) is 17.2 Å². The first-order chi connectivity index (χ1) is 17.0. The first-order valence-electron chi connectivity index (χ1n) is 11.5. The Bertz CT molecular complexity index is 1200. The Kier molecular flexibility index (Phi) is 6.30. The summed E-state index contributed by atoms with van der Waals surface area (Å²) in [6, 6.07) is 5.09. The van der Waals surface area contributed by atoms with E-state index in [0.29, 0.717) is 23.6 Å². The maximum absolute atomic E-state index is 15.0. The number of aromatic nitrogens is 4. The fraction of sp³-hybridized carbons (Fsp3) is 0.375. The zero-order valence-corrected chi connectivity index (χ0v) is 18.9. The summed E-state index contributed by atoms with van der Waals surface area (Å²) in [5.74, 6) is -0.293. The van der Waals surface area contributed by atoms with Gasteiger partial charge in [-0.2, -0.15) is 5.10 Å². The van der Waals surface area contributed by atoms with Crippen LogP contribution in [0.1, 0.15) is 35.3 Å². The maximum atomic E-state index is 15.0. The number of hydrogen-bond acceptors (Lipinski definition) is 7. The Morgan fingerprint density at radius 3 is 2.63 bits per heavy atom. The number of piperidine rings is 1. The van der Waals surface area contributed by atoms with Crippen molar-refractivity contribution in [3.05, 3.63) is 54.2 Å². The number of ether oxygens (including phenoxy) is 2. The Labute approximate surface area is 200 Å². The minimum atomic E-state index is -1.45. The van der Waals surface area contributed by atoms with Crippen molar-refractivity contribution in [2.75, 3.05) is 13.1 Å². The number of alkyl halides is 1. The molecule has 1 aliphatic heterocycles. The van der Waals surface area contributed by atoms with Crippen molar-refractivity contribution in [2.24, 2.45) is 5.73 Å². The molecule has 5 rings (SSSR count). The number of H-pyrrole nitrogens is 1. The third-order valence-corrected chi connectivity index (χ3v) is 6.00. The van der Waals surface area contributed by atoms with Crippen LogP contribution in [0, 0.1) is 0 Å². The lowest BCUT2D eigenvalue weighted by Gasteiger charge is -2.34. The number of likely N-dealkylation sites (tertiary alicyclic amines) is 1. The Morgan fingerprint density at radius 1 is 1.11 bits per heavy atom. The van der Waals surface area contributed by atoms with Crippen molar-refractivity contribution in [2.45, 2.75) is 44.1 Å². The molecule has 3 aromatic heterocycles. The van der Waals surface area contributed by atoms with Crippen LogP contribution in [0.2, 0.25) is 0 Å². The lowest BCUT2D eigenvalue weighted by Crippen LogP contribution is -2.49. The fourth-order valence-electron chi connectivity index (χ4n) is 3.91. The van der Waals surface area contributed by atoms with E-state index in [-0.39, 0.29) is 42.8 Å². The molecule has 182 valence electrons. The predicted molar refractivity (Wildman–Crippen MR) is 122 cm³/mol. The summed E-state index contributed by atoms with van der Waals surface area (Å²) >= 11 is 0. The van der Waals surface area contributed by atoms with Crippen LogP contribution >= 0.6 is 0 Å². The number of nitrogens with two attached hydrogens (primary N) is 1. The minimum absolute atomic E-state index is 0.0325. The average molecular weight is 481 g/mol. The number of hydrogen-bond donors (Lipinski definition) is 2. The predicted octanol–water partition coefficient (Wildman–Crippen LogP) is 2.07. The van der Waals surface area contributed by atoms with Gasteiger partial charge in [0.05, 0.1) is 31.5 Å². The van der Waals surface area contributed by atoms with Gasteiger partial charge in [0, 0.05) is 42.2 Å². The van der Waals surface area contributed by atoms with E-state index in [0.717, 1.165) is 18.4 Å². The molecule has 0 aromatic carbocycles. The number of nitrogens with one attached hydrogen (secondary N) is 1. The second-order valence-corrected chi connectivity index (χ2v) is 8.71. The van der Waals surface area contributed by atoms with Crippen LogP contribution in [0.4, 0.5) is 4.39 Å². The number of amides is 2. The van der Waals surface area contributed by atoms with E-state index in [4.69, 9.17) is 15.2 Å². The standard InChI is InChI=1S/C24H25FN6O4/c25-20-13-31(22(32)8-16-1-2-18(12-27-16)34-17-3-4-17)6-5-21(20)35-24-19(23(26)33)7-14(9-28-24)15-10-29-30-11-15/h1-2,7,9-12,17,20-21H,3-6,8,13H2,(H2,26,33)(H,29,30)/t20-,21+/m0/s1. The van der Waals surface area contributed by atoms with Crippen molar-refractivity contribution in [1.29, 1.82) is 0 Å². The molecule has 3 aromatic rings. The number of nitrogens with zero attached hydrogens (tertiary/aromatic N) is 4. The highest BCUT2D eigenvalue weighted by Gasteiger charge is 2.34. The van der Waals surface area contributed by atoms with E-state index < -0.39 is 18.2 Å². The van der Waals surface area contributed by atoms with Crippen molar-refractivity contribution >= 4 is 11.8 Å². The van der Waals surface area contributed by atoms with Gasteiger partial charge in [0.2, 0.25) is 11.8 Å². The van der Waals surface area contributed by atoms with E-state index in [2.05, 4.69) is 20.2 Å². The second kappa shape index (κ2) is 9.69. The SMILES string of the molecule is NC(=O)c1cc(-c2cn[nH]c2)cnc1O[C@@H]1CCN(C(=O)Cc2ccc(OC3CC3)cn2)C[C@@H]1F. The number of aromatic amines is 1. The molecule has 2 fully saturated rings. The van der Waals surface area contributed by atoms with Crippen molar-refractivity contribution in [3.8, 4) is 22.8 Å². The van der Waals surface area contributed by atoms with Gasteiger partial charge in [0.15, 0.2) is 6.17 Å². The molecule has 35 heavy (non-hydrogen) atoms. The third kappa shape index (κ3) is 5.39. The van der Waals surface area contributed by atoms with Gasteiger partial charge >= 0.3 is 0 Å². The molecule has 0 spiro atoms. The summed E-state index contributed by atoms with van der Waals surface area (Å²) in [5.41, 5.74) is 7.50. The van der Waals surface area contributed by atoms with Gasteiger partial charge in [-0.15, -0.1) is 0 Å². The molecule has 1 saturated heterocycles. The zero-order chi connectivity index (χ0) is 24.4. The van der Waals surface area contributed by atoms with Crippen LogP contribution in [0.3, 0.4) is 0 Å². The van der Waals surface area contributed by atoms with Gasteiger partial charge < -0.3 is 20.1 Å². The normalized spacial score (nSPS) is 19.9. The first kappa shape index (κ1) is 22.8. The van der Waals surface area contributed by atoms with Gasteiger partial charge in [0.1, 0.15) is 17.4 Å². The van der Waals surface area contributed by atoms with E-state index >= 15 is 0 Å². The number of halogens is 1. The number of carbonyl (C=O) groups is 2. The average Bonchev–Trinajstić information content (AvgIpc) is 3.49. The molecule has 1 aliphatic carbocycles. The summed E-state index contributed by atoms with van der Waals surface area (Å²) in [4.78, 5) is 34.6. The van der Waals surface area contributed by atoms with Crippen LogP contribution in [-0.4, -0.2) is 68.3 Å². The molecule has 2 atom stereocenters. The lowest BCUT2D eigenvalue weighted by molar-refractivity contribution is -0.134. The number of primary amides is 1. The molecule has 10 nitrogen and oxygen atoms in total. The molecular weight excluding hydrogens is 455 g/mol. The molecule has 0 unspecified atom stereocenters. The van der Waals surface area contributed by atoms with E-state index in [1.54, 1.807) is 30.7 Å². The zero-order valence-electron chi connectivity index (χ0n) is 18.9. The highest BCUT2D eigenvalue weighted by Crippen LogP contribution is 2.28. The van der Waals surface area contributed by atoms with Crippen LogP contribution in [0.5, 0.6) is 11.6 Å². The summed E-state index contributed by atoms with van der Waals surface area (Å²) in [5, 5.41) is 6.56. The topological polar surface area (TPSA) is 136 Å². The Morgan fingerprint density at radius 2 is 1.97 bits per heavy atom. The van der Waals surface area contributed by atoms with Gasteiger partial charge in [0.25, 0.3) is 5.91 Å². The number of pyridine rings is 2. The van der Waals surface area contributed by atoms with Gasteiger partial charge in [-0.3, -0.25) is 19.7 Å². The van der Waals surface area contributed by atoms with Crippen molar-refractivity contribution in [3.63, 3.8) is 0 Å². The third-order valence-electron chi connectivity index (χ3n) is 6.00. The summed E-state index contributed by atoms with van der Waals surface area (Å²) in [6.07, 6.45) is 6.75. The minimum Gasteiger partial charge on any atom is -0.489 e. The molecule has 0 bridgehead atoms. The lowest BCUT2D eigenvalue weighted by atomic mass is 10.0. The maximum Gasteiger partial charge on any atom is 0.254 e. The number of rotatable bonds is 8. The molecule has 2 aliphatic rings. The summed E-state index contributed by atoms with van der Waals surface area (Å²) in [6.45, 7) is 0.192. The smallest absolute Gasteiger partial charge is 0.254 e. The Balaban J connectivity index is 1.19. The van der Waals surface area contributed by atoms with Crippen LogP contribution in [0.25, 0.3) is 11.1 Å². The van der Waals surface area contributed by atoms with Crippen molar-refractivity contribution in [1.82, 2.24) is 25.1 Å². The van der Waals surface area contributed by atoms with Gasteiger partial charge in [-0.1, -0.05) is 0 Å². The molecule has 2 amide bonds. The Hall–Kier alpha value is -4.02. The van der Waals surface area contributed by atoms with E-state index in [9.17, 15) is 14.0 Å². The largest absolute Gasteiger partial charge is 0.489 e. The van der Waals surface area contributed by atoms with Crippen molar-refractivity contribution < 1.29 is 23.5 Å². The first-order valence-corrected chi connectivity index (χ1v) is 11.5. The molecule has 11 heteroatoms. The van der Waals surface area contributed by atoms with Gasteiger partial charge in [-0.25, -0.2) is 9.37 Å². The monoisotopic (exact) mass is 480 g/mol. The quantitative estimate of drug-likeness (QED) is 0.504. The molecule has 1 saturated carbocycles. The molecular formula is C24H25FN6O4. The molecule has 4 heterocycles. The second-order valence-electron chi connectivity index (χ2n) is 8.71. The van der Waals surface area contributed by atoms with Gasteiger partial charge in [-0.05, 0) is 31.0 Å². The van der Waals surface area contributed by atoms with E-state index in [1.807, 2.05) is 0 Å². The summed E-state index contributed by atoms with van der Waals surface area (Å²) in [7, 11) is 0. The van der Waals surface area contributed by atoms with Crippen LogP contribution in [-0.2, 0) is 11.2 Å². The summed E-state index contributed by atoms with van der Waals surface area (Å²) < 4.78 is 26.4. The fourth-order valence-corrected chi connectivity index (χ4v) is 3.91. The molecule has 3 N–H and O–H groups in total. The number of carbonyl (C=O) groups excluding carboxylic acids is 2. The highest BCUT2D eigenvalue weighted by molar-refractivity contribution is 5.96. The van der Waals surface area contributed by atoms with Crippen LogP contribution in [0.15, 0.2) is 43.0 Å². The van der Waals surface area contributed by atoms with Crippen LogP contribution < -0.4 is 15.2 Å². The molecule has 0 radical (unpaired) electrons. The highest BCUT2D eigenvalue weighted by atomic mass is 19.1.